The van der Waals surface area contributed by atoms with Gasteiger partial charge in [0.05, 0.1) is 15.8 Å². The summed E-state index contributed by atoms with van der Waals surface area (Å²) in [6, 6.07) is 10.5. The molecular weight excluding hydrogens is 398 g/mol. The number of hydrogen-bond acceptors (Lipinski definition) is 5. The van der Waals surface area contributed by atoms with E-state index < -0.39 is 0 Å². The molecule has 1 N–H and O–H groups in total. The molecule has 2 heterocycles. The van der Waals surface area contributed by atoms with Gasteiger partial charge in [-0.2, -0.15) is 0 Å². The third-order valence-corrected chi connectivity index (χ3v) is 6.06. The van der Waals surface area contributed by atoms with E-state index in [1.807, 2.05) is 25.7 Å². The lowest BCUT2D eigenvalue weighted by molar-refractivity contribution is -0.118. The number of pyridine rings is 1. The van der Waals surface area contributed by atoms with Gasteiger partial charge in [0, 0.05) is 36.5 Å². The third-order valence-electron chi connectivity index (χ3n) is 5.00. The first-order chi connectivity index (χ1) is 14.3. The van der Waals surface area contributed by atoms with E-state index >= 15 is 0 Å². The predicted octanol–water partition coefficient (Wildman–Crippen LogP) is 4.28. The highest BCUT2D eigenvalue weighted by molar-refractivity contribution is 8.00. The van der Waals surface area contributed by atoms with Crippen LogP contribution in [0.2, 0.25) is 0 Å². The van der Waals surface area contributed by atoms with Gasteiger partial charge in [-0.1, -0.05) is 25.6 Å². The molecule has 1 aliphatic heterocycles. The van der Waals surface area contributed by atoms with E-state index in [0.717, 1.165) is 25.9 Å². The molecule has 0 saturated carbocycles. The van der Waals surface area contributed by atoms with Gasteiger partial charge in [0.2, 0.25) is 5.91 Å². The zero-order valence-corrected chi connectivity index (χ0v) is 18.4. The SMILES string of the molecule is CC(C)C(=O)Nc1ccc(C(=O)C(C)Sc2ccc(C(=O)N3CCCC3)cn2)cc1. The van der Waals surface area contributed by atoms with Crippen LogP contribution in [-0.4, -0.2) is 45.8 Å². The van der Waals surface area contributed by atoms with E-state index in [1.165, 1.54) is 11.8 Å². The van der Waals surface area contributed by atoms with Crippen LogP contribution in [0, 0.1) is 5.92 Å². The topological polar surface area (TPSA) is 79.4 Å². The van der Waals surface area contributed by atoms with Gasteiger partial charge >= 0.3 is 0 Å². The maximum atomic E-state index is 12.7. The summed E-state index contributed by atoms with van der Waals surface area (Å²) in [4.78, 5) is 43.1. The summed E-state index contributed by atoms with van der Waals surface area (Å²) >= 11 is 1.36. The molecular formula is C23H27N3O3S. The zero-order chi connectivity index (χ0) is 21.7. The highest BCUT2D eigenvalue weighted by Crippen LogP contribution is 2.25. The molecule has 1 aromatic heterocycles. The van der Waals surface area contributed by atoms with Crippen molar-refractivity contribution in [3.05, 3.63) is 53.7 Å². The van der Waals surface area contributed by atoms with Crippen molar-refractivity contribution in [1.29, 1.82) is 0 Å². The first kappa shape index (κ1) is 22.0. The molecule has 1 fully saturated rings. The van der Waals surface area contributed by atoms with Gasteiger partial charge in [-0.25, -0.2) is 4.98 Å². The predicted molar refractivity (Wildman–Crippen MR) is 119 cm³/mol. The van der Waals surface area contributed by atoms with E-state index in [9.17, 15) is 14.4 Å². The summed E-state index contributed by atoms with van der Waals surface area (Å²) in [6.45, 7) is 7.11. The number of rotatable bonds is 7. The number of nitrogens with one attached hydrogen (secondary N) is 1. The largest absolute Gasteiger partial charge is 0.339 e. The van der Waals surface area contributed by atoms with Crippen LogP contribution in [0.1, 0.15) is 54.3 Å². The number of amides is 2. The van der Waals surface area contributed by atoms with E-state index in [0.29, 0.717) is 21.8 Å². The van der Waals surface area contributed by atoms with Gasteiger partial charge in [0.1, 0.15) is 0 Å². The molecule has 3 rings (SSSR count). The molecule has 1 aliphatic rings. The Hall–Kier alpha value is -2.67. The molecule has 1 atom stereocenters. The molecule has 30 heavy (non-hydrogen) atoms. The van der Waals surface area contributed by atoms with Crippen LogP contribution >= 0.6 is 11.8 Å². The van der Waals surface area contributed by atoms with Gasteiger partial charge in [-0.15, -0.1) is 0 Å². The van der Waals surface area contributed by atoms with Crippen molar-refractivity contribution in [2.45, 2.75) is 43.9 Å². The Morgan fingerprint density at radius 3 is 2.17 bits per heavy atom. The van der Waals surface area contributed by atoms with Crippen LogP contribution in [-0.2, 0) is 4.79 Å². The molecule has 1 unspecified atom stereocenters. The number of ketones is 1. The minimum absolute atomic E-state index is 0.0132. The normalized spacial score (nSPS) is 14.6. The summed E-state index contributed by atoms with van der Waals surface area (Å²) < 4.78 is 0. The average molecular weight is 426 g/mol. The molecule has 0 spiro atoms. The number of Topliss-reactive ketones (excluding diaryl/α,β-unsaturated/α-hetero) is 1. The number of hydrogen-bond donors (Lipinski definition) is 1. The van der Waals surface area contributed by atoms with Crippen molar-refractivity contribution in [3.8, 4) is 0 Å². The fraction of sp³-hybridized carbons (Fsp3) is 0.391. The summed E-state index contributed by atoms with van der Waals surface area (Å²) in [7, 11) is 0. The Labute approximate surface area is 181 Å². The lowest BCUT2D eigenvalue weighted by Gasteiger charge is -2.15. The molecule has 0 aliphatic carbocycles. The highest BCUT2D eigenvalue weighted by atomic mass is 32.2. The van der Waals surface area contributed by atoms with Crippen molar-refractivity contribution >= 4 is 35.0 Å². The molecule has 158 valence electrons. The van der Waals surface area contributed by atoms with E-state index in [1.54, 1.807) is 42.6 Å². The summed E-state index contributed by atoms with van der Waals surface area (Å²) in [5.41, 5.74) is 1.84. The number of aromatic nitrogens is 1. The molecule has 6 nitrogen and oxygen atoms in total. The highest BCUT2D eigenvalue weighted by Gasteiger charge is 2.21. The summed E-state index contributed by atoms with van der Waals surface area (Å²) in [6.07, 6.45) is 3.70. The minimum Gasteiger partial charge on any atom is -0.339 e. The van der Waals surface area contributed by atoms with Crippen LogP contribution < -0.4 is 5.32 Å². The Kier molecular flexibility index (Phi) is 7.26. The third kappa shape index (κ3) is 5.48. The lowest BCUT2D eigenvalue weighted by atomic mass is 10.1. The first-order valence-electron chi connectivity index (χ1n) is 10.2. The van der Waals surface area contributed by atoms with E-state index in [-0.39, 0.29) is 28.8 Å². The van der Waals surface area contributed by atoms with Gasteiger partial charge < -0.3 is 10.2 Å². The zero-order valence-electron chi connectivity index (χ0n) is 17.6. The number of anilines is 1. The number of carbonyl (C=O) groups is 3. The number of nitrogens with zero attached hydrogens (tertiary/aromatic N) is 2. The number of likely N-dealkylation sites (tertiary alicyclic amines) is 1. The minimum atomic E-state index is -0.325. The van der Waals surface area contributed by atoms with Crippen molar-refractivity contribution in [2.75, 3.05) is 18.4 Å². The van der Waals surface area contributed by atoms with E-state index in [4.69, 9.17) is 0 Å². The Morgan fingerprint density at radius 2 is 1.60 bits per heavy atom. The average Bonchev–Trinajstić information content (AvgIpc) is 3.28. The fourth-order valence-corrected chi connectivity index (χ4v) is 4.02. The Bertz CT molecular complexity index is 904. The van der Waals surface area contributed by atoms with Crippen molar-refractivity contribution in [2.24, 2.45) is 5.92 Å². The van der Waals surface area contributed by atoms with Crippen LogP contribution in [0.4, 0.5) is 5.69 Å². The Morgan fingerprint density at radius 1 is 0.967 bits per heavy atom. The number of benzene rings is 1. The van der Waals surface area contributed by atoms with Crippen LogP contribution in [0.5, 0.6) is 0 Å². The van der Waals surface area contributed by atoms with Crippen molar-refractivity contribution in [3.63, 3.8) is 0 Å². The summed E-state index contributed by atoms with van der Waals surface area (Å²) in [5.74, 6) is -0.158. The molecule has 7 heteroatoms. The summed E-state index contributed by atoms with van der Waals surface area (Å²) in [5, 5.41) is 3.19. The van der Waals surface area contributed by atoms with Gasteiger partial charge in [0.15, 0.2) is 5.78 Å². The molecule has 0 bridgehead atoms. The van der Waals surface area contributed by atoms with Gasteiger partial charge in [0.25, 0.3) is 5.91 Å². The van der Waals surface area contributed by atoms with Gasteiger partial charge in [-0.05, 0) is 56.2 Å². The second kappa shape index (κ2) is 9.89. The monoisotopic (exact) mass is 425 g/mol. The lowest BCUT2D eigenvalue weighted by Crippen LogP contribution is -2.27. The number of thioether (sulfide) groups is 1. The van der Waals surface area contributed by atoms with Crippen LogP contribution in [0.25, 0.3) is 0 Å². The van der Waals surface area contributed by atoms with Crippen molar-refractivity contribution in [1.82, 2.24) is 9.88 Å². The van der Waals surface area contributed by atoms with E-state index in [2.05, 4.69) is 10.3 Å². The second-order valence-corrected chi connectivity index (χ2v) is 9.09. The fourth-order valence-electron chi connectivity index (χ4n) is 3.15. The first-order valence-corrected chi connectivity index (χ1v) is 11.1. The number of carbonyl (C=O) groups excluding carboxylic acids is 3. The van der Waals surface area contributed by atoms with Gasteiger partial charge in [-0.3, -0.25) is 14.4 Å². The second-order valence-electron chi connectivity index (χ2n) is 7.73. The molecule has 2 amide bonds. The van der Waals surface area contributed by atoms with Crippen molar-refractivity contribution < 1.29 is 14.4 Å². The molecule has 0 radical (unpaired) electrons. The van der Waals surface area contributed by atoms with Crippen LogP contribution in [0.15, 0.2) is 47.6 Å². The van der Waals surface area contributed by atoms with Crippen LogP contribution in [0.3, 0.4) is 0 Å². The molecule has 1 aromatic carbocycles. The standard InChI is InChI=1S/C23H27N3O3S/c1-15(2)22(28)25-19-9-6-17(7-10-19)21(27)16(3)30-20-11-8-18(14-24-20)23(29)26-12-4-5-13-26/h6-11,14-16H,4-5,12-13H2,1-3H3,(H,25,28). The smallest absolute Gasteiger partial charge is 0.255 e. The maximum absolute atomic E-state index is 12.7. The maximum Gasteiger partial charge on any atom is 0.255 e. The molecule has 2 aromatic rings. The molecule has 1 saturated heterocycles. The Balaban J connectivity index is 1.58. The quantitative estimate of drug-likeness (QED) is 0.529.